The number of thioether (sulfide) groups is 1. The van der Waals surface area contributed by atoms with Crippen molar-refractivity contribution in [3.63, 3.8) is 0 Å². The molecule has 2 aromatic heterocycles. The number of carbonyl (C=O) groups is 1. The molecule has 0 bridgehead atoms. The lowest BCUT2D eigenvalue weighted by atomic mass is 10.3. The van der Waals surface area contributed by atoms with Gasteiger partial charge in [0.25, 0.3) is 0 Å². The van der Waals surface area contributed by atoms with Gasteiger partial charge in [0.1, 0.15) is 17.4 Å². The molecule has 31 heavy (non-hydrogen) atoms. The van der Waals surface area contributed by atoms with Crippen LogP contribution in [0.25, 0.3) is 11.0 Å². The van der Waals surface area contributed by atoms with E-state index in [4.69, 9.17) is 4.74 Å². The molecule has 0 saturated heterocycles. The van der Waals surface area contributed by atoms with Crippen LogP contribution in [0.1, 0.15) is 18.6 Å². The van der Waals surface area contributed by atoms with Gasteiger partial charge in [-0.15, -0.1) is 10.2 Å². The van der Waals surface area contributed by atoms with Crippen LogP contribution >= 0.6 is 11.8 Å². The number of imidazole rings is 1. The lowest BCUT2D eigenvalue weighted by Gasteiger charge is -2.07. The minimum absolute atomic E-state index is 0.0963. The first kappa shape index (κ1) is 20.9. The molecule has 0 aliphatic rings. The third-order valence-corrected chi connectivity index (χ3v) is 5.75. The fourth-order valence-electron chi connectivity index (χ4n) is 3.17. The minimum atomic E-state index is -0.0963. The largest absolute Gasteiger partial charge is 0.494 e. The van der Waals surface area contributed by atoms with Crippen molar-refractivity contribution in [2.24, 2.45) is 7.05 Å². The lowest BCUT2D eigenvalue weighted by Crippen LogP contribution is -2.14. The molecule has 4 rings (SSSR count). The quantitative estimate of drug-likeness (QED) is 0.389. The number of rotatable bonds is 9. The fraction of sp³-hybridized carbons (Fsp3) is 0.273. The number of nitrogens with zero attached hydrogens (tertiary/aromatic N) is 4. The molecule has 0 radical (unpaired) electrons. The number of aryl methyl sites for hydroxylation is 2. The number of para-hydroxylation sites is 2. The van der Waals surface area contributed by atoms with Crippen molar-refractivity contribution in [3.05, 3.63) is 60.2 Å². The van der Waals surface area contributed by atoms with Crippen LogP contribution in [-0.2, 0) is 24.7 Å². The van der Waals surface area contributed by atoms with Crippen LogP contribution in [0.3, 0.4) is 0 Å². The third kappa shape index (κ3) is 5.24. The zero-order valence-corrected chi connectivity index (χ0v) is 18.3. The van der Waals surface area contributed by atoms with Gasteiger partial charge in [0.2, 0.25) is 5.91 Å². The molecule has 4 aromatic rings. The van der Waals surface area contributed by atoms with Gasteiger partial charge in [0.15, 0.2) is 5.16 Å². The van der Waals surface area contributed by atoms with E-state index in [0.29, 0.717) is 18.2 Å². The Morgan fingerprint density at radius 3 is 2.71 bits per heavy atom. The maximum Gasteiger partial charge on any atom is 0.234 e. The van der Waals surface area contributed by atoms with E-state index in [0.717, 1.165) is 40.5 Å². The molecule has 0 atom stereocenters. The number of aromatic nitrogens is 5. The first-order chi connectivity index (χ1) is 15.1. The van der Waals surface area contributed by atoms with Crippen LogP contribution in [0.2, 0.25) is 0 Å². The van der Waals surface area contributed by atoms with Crippen molar-refractivity contribution in [3.8, 4) is 5.75 Å². The standard InChI is InChI=1S/C22H24N6O2S/c1-3-30-16-10-8-15(9-11-16)23-21(29)14-31-22-27-26-20(28(22)2)13-12-19-24-17-6-4-5-7-18(17)25-19/h4-11H,3,12-14H2,1-2H3,(H,23,29)(H,24,25). The lowest BCUT2D eigenvalue weighted by molar-refractivity contribution is -0.113. The zero-order chi connectivity index (χ0) is 21.6. The Bertz CT molecular complexity index is 1140. The Labute approximate surface area is 184 Å². The van der Waals surface area contributed by atoms with Crippen LogP contribution in [0.15, 0.2) is 53.7 Å². The maximum atomic E-state index is 12.3. The highest BCUT2D eigenvalue weighted by Gasteiger charge is 2.13. The molecule has 0 unspecified atom stereocenters. The van der Waals surface area contributed by atoms with Crippen molar-refractivity contribution in [1.82, 2.24) is 24.7 Å². The molecule has 2 N–H and O–H groups in total. The Kier molecular flexibility index (Phi) is 6.51. The summed E-state index contributed by atoms with van der Waals surface area (Å²) in [5.74, 6) is 2.72. The van der Waals surface area contributed by atoms with E-state index in [1.807, 2.05) is 67.1 Å². The summed E-state index contributed by atoms with van der Waals surface area (Å²) in [6.45, 7) is 2.55. The molecule has 160 valence electrons. The summed E-state index contributed by atoms with van der Waals surface area (Å²) in [5.41, 5.74) is 2.73. The van der Waals surface area contributed by atoms with Gasteiger partial charge in [-0.2, -0.15) is 0 Å². The average Bonchev–Trinajstić information content (AvgIpc) is 3.35. The minimum Gasteiger partial charge on any atom is -0.494 e. The van der Waals surface area contributed by atoms with Crippen LogP contribution in [-0.4, -0.2) is 43.0 Å². The highest BCUT2D eigenvalue weighted by Crippen LogP contribution is 2.19. The first-order valence-electron chi connectivity index (χ1n) is 10.1. The number of amides is 1. The van der Waals surface area contributed by atoms with Crippen molar-refractivity contribution in [2.45, 2.75) is 24.9 Å². The Balaban J connectivity index is 1.29. The number of benzene rings is 2. The van der Waals surface area contributed by atoms with Crippen LogP contribution in [0, 0.1) is 0 Å². The van der Waals surface area contributed by atoms with E-state index in [-0.39, 0.29) is 11.7 Å². The van der Waals surface area contributed by atoms with E-state index in [1.54, 1.807) is 0 Å². The van der Waals surface area contributed by atoms with Gasteiger partial charge in [-0.1, -0.05) is 23.9 Å². The molecule has 0 aliphatic carbocycles. The molecule has 0 aliphatic heterocycles. The number of fused-ring (bicyclic) bond motifs is 1. The molecule has 0 saturated carbocycles. The van der Waals surface area contributed by atoms with Gasteiger partial charge in [-0.25, -0.2) is 4.98 Å². The molecule has 0 spiro atoms. The normalized spacial score (nSPS) is 11.0. The molecule has 2 heterocycles. The van der Waals surface area contributed by atoms with Gasteiger partial charge in [-0.3, -0.25) is 4.79 Å². The number of ether oxygens (including phenoxy) is 1. The van der Waals surface area contributed by atoms with Crippen molar-refractivity contribution >= 4 is 34.4 Å². The van der Waals surface area contributed by atoms with Gasteiger partial charge in [-0.05, 0) is 43.3 Å². The molecule has 9 heteroatoms. The summed E-state index contributed by atoms with van der Waals surface area (Å²) < 4.78 is 7.34. The van der Waals surface area contributed by atoms with E-state index in [1.165, 1.54) is 11.8 Å². The topological polar surface area (TPSA) is 97.7 Å². The van der Waals surface area contributed by atoms with Crippen LogP contribution in [0.5, 0.6) is 5.75 Å². The number of aromatic amines is 1. The average molecular weight is 437 g/mol. The molecular formula is C22H24N6O2S. The van der Waals surface area contributed by atoms with Crippen molar-refractivity contribution < 1.29 is 9.53 Å². The predicted octanol–water partition coefficient (Wildman–Crippen LogP) is 3.61. The zero-order valence-electron chi connectivity index (χ0n) is 17.5. The SMILES string of the molecule is CCOc1ccc(NC(=O)CSc2nnc(CCc3nc4ccccc4[nH]3)n2C)cc1. The summed E-state index contributed by atoms with van der Waals surface area (Å²) in [6.07, 6.45) is 1.45. The smallest absolute Gasteiger partial charge is 0.234 e. The Morgan fingerprint density at radius 1 is 1.13 bits per heavy atom. The van der Waals surface area contributed by atoms with Gasteiger partial charge in [0.05, 0.1) is 23.4 Å². The summed E-state index contributed by atoms with van der Waals surface area (Å²) in [5, 5.41) is 12.1. The van der Waals surface area contributed by atoms with Crippen LogP contribution in [0.4, 0.5) is 5.69 Å². The maximum absolute atomic E-state index is 12.3. The first-order valence-corrected chi connectivity index (χ1v) is 11.1. The van der Waals surface area contributed by atoms with Crippen LogP contribution < -0.4 is 10.1 Å². The molecule has 1 amide bonds. The van der Waals surface area contributed by atoms with E-state index < -0.39 is 0 Å². The second-order valence-electron chi connectivity index (χ2n) is 6.95. The number of hydrogen-bond acceptors (Lipinski definition) is 6. The summed E-state index contributed by atoms with van der Waals surface area (Å²) in [6, 6.07) is 15.3. The highest BCUT2D eigenvalue weighted by molar-refractivity contribution is 7.99. The van der Waals surface area contributed by atoms with E-state index in [9.17, 15) is 4.79 Å². The van der Waals surface area contributed by atoms with E-state index in [2.05, 4.69) is 25.5 Å². The predicted molar refractivity (Wildman–Crippen MR) is 121 cm³/mol. The van der Waals surface area contributed by atoms with Gasteiger partial charge >= 0.3 is 0 Å². The number of H-pyrrole nitrogens is 1. The third-order valence-electron chi connectivity index (χ3n) is 4.73. The number of anilines is 1. The second kappa shape index (κ2) is 9.65. The molecular weight excluding hydrogens is 412 g/mol. The second-order valence-corrected chi connectivity index (χ2v) is 7.90. The fourth-order valence-corrected chi connectivity index (χ4v) is 3.90. The van der Waals surface area contributed by atoms with Gasteiger partial charge in [0, 0.05) is 25.6 Å². The van der Waals surface area contributed by atoms with Gasteiger partial charge < -0.3 is 19.6 Å². The number of hydrogen-bond donors (Lipinski definition) is 2. The number of nitrogens with one attached hydrogen (secondary N) is 2. The summed E-state index contributed by atoms with van der Waals surface area (Å²) >= 11 is 1.36. The van der Waals surface area contributed by atoms with Crippen molar-refractivity contribution in [2.75, 3.05) is 17.7 Å². The Morgan fingerprint density at radius 2 is 1.94 bits per heavy atom. The molecule has 0 fully saturated rings. The molecule has 8 nitrogen and oxygen atoms in total. The number of carbonyl (C=O) groups excluding carboxylic acids is 1. The Hall–Kier alpha value is -3.33. The van der Waals surface area contributed by atoms with E-state index >= 15 is 0 Å². The monoisotopic (exact) mass is 436 g/mol. The summed E-state index contributed by atoms with van der Waals surface area (Å²) in [4.78, 5) is 20.2. The summed E-state index contributed by atoms with van der Waals surface area (Å²) in [7, 11) is 1.92. The highest BCUT2D eigenvalue weighted by atomic mass is 32.2. The van der Waals surface area contributed by atoms with Crippen molar-refractivity contribution in [1.29, 1.82) is 0 Å². The molecule has 2 aromatic carbocycles.